The second kappa shape index (κ2) is 10.6. The van der Waals surface area contributed by atoms with Gasteiger partial charge in [0.1, 0.15) is 0 Å². The lowest BCUT2D eigenvalue weighted by Crippen LogP contribution is -2.17. The highest BCUT2D eigenvalue weighted by Crippen LogP contribution is 2.51. The standard InChI is InChI=1S/C44H31N3/c1-44(2)39-21-9-8-17-34(39)35-18-11-20-37(40(35)44)43-46-41(30-13-4-3-5-14-30)45-42(47-43)36-19-10-16-29-23-25-33(27-38(29)36)32-24-22-28-12-6-7-15-31(28)26-32/h3-27H,1-2H3. The second-order valence-corrected chi connectivity index (χ2v) is 12.9. The molecule has 0 fully saturated rings. The van der Waals surface area contributed by atoms with E-state index in [0.29, 0.717) is 17.5 Å². The molecule has 0 radical (unpaired) electrons. The fraction of sp³-hybridized carbons (Fsp3) is 0.0682. The lowest BCUT2D eigenvalue weighted by atomic mass is 9.80. The number of benzene rings is 7. The van der Waals surface area contributed by atoms with E-state index in [0.717, 1.165) is 33.0 Å². The van der Waals surface area contributed by atoms with Crippen molar-refractivity contribution < 1.29 is 0 Å². The van der Waals surface area contributed by atoms with Gasteiger partial charge in [-0.25, -0.2) is 15.0 Å². The van der Waals surface area contributed by atoms with Gasteiger partial charge in [-0.15, -0.1) is 0 Å². The van der Waals surface area contributed by atoms with Crippen LogP contribution in [0.2, 0.25) is 0 Å². The van der Waals surface area contributed by atoms with Gasteiger partial charge in [-0.3, -0.25) is 0 Å². The zero-order valence-electron chi connectivity index (χ0n) is 26.3. The van der Waals surface area contributed by atoms with Gasteiger partial charge in [0, 0.05) is 22.1 Å². The number of rotatable bonds is 4. The summed E-state index contributed by atoms with van der Waals surface area (Å²) in [5.41, 5.74) is 10.3. The van der Waals surface area contributed by atoms with Gasteiger partial charge in [-0.1, -0.05) is 153 Å². The van der Waals surface area contributed by atoms with Crippen LogP contribution in [0, 0.1) is 0 Å². The number of hydrogen-bond acceptors (Lipinski definition) is 3. The lowest BCUT2D eigenvalue weighted by molar-refractivity contribution is 0.661. The molecule has 0 saturated carbocycles. The van der Waals surface area contributed by atoms with Crippen LogP contribution >= 0.6 is 0 Å². The summed E-state index contributed by atoms with van der Waals surface area (Å²) >= 11 is 0. The van der Waals surface area contributed by atoms with Crippen molar-refractivity contribution in [1.82, 2.24) is 15.0 Å². The van der Waals surface area contributed by atoms with Crippen molar-refractivity contribution in [1.29, 1.82) is 0 Å². The van der Waals surface area contributed by atoms with E-state index in [4.69, 9.17) is 15.0 Å². The number of aromatic nitrogens is 3. The third-order valence-corrected chi connectivity index (χ3v) is 9.69. The highest BCUT2D eigenvalue weighted by molar-refractivity contribution is 5.99. The monoisotopic (exact) mass is 601 g/mol. The van der Waals surface area contributed by atoms with E-state index in [-0.39, 0.29) is 5.41 Å². The van der Waals surface area contributed by atoms with Crippen molar-refractivity contribution in [3.63, 3.8) is 0 Å². The molecule has 47 heavy (non-hydrogen) atoms. The predicted octanol–water partition coefficient (Wildman–Crippen LogP) is 11.2. The fourth-order valence-electron chi connectivity index (χ4n) is 7.38. The Hall–Kier alpha value is -5.93. The van der Waals surface area contributed by atoms with Gasteiger partial charge in [-0.05, 0) is 67.1 Å². The molecule has 0 spiro atoms. The Balaban J connectivity index is 1.26. The molecule has 1 aromatic heterocycles. The van der Waals surface area contributed by atoms with Crippen molar-refractivity contribution in [3.05, 3.63) is 163 Å². The fourth-order valence-corrected chi connectivity index (χ4v) is 7.38. The molecule has 0 saturated heterocycles. The Morgan fingerprint density at radius 2 is 0.957 bits per heavy atom. The predicted molar refractivity (Wildman–Crippen MR) is 194 cm³/mol. The van der Waals surface area contributed by atoms with Gasteiger partial charge in [0.15, 0.2) is 17.5 Å². The summed E-state index contributed by atoms with van der Waals surface area (Å²) in [6, 6.07) is 53.7. The van der Waals surface area contributed by atoms with Crippen LogP contribution in [0.4, 0.5) is 0 Å². The minimum atomic E-state index is -0.198. The van der Waals surface area contributed by atoms with Crippen molar-refractivity contribution in [2.75, 3.05) is 0 Å². The van der Waals surface area contributed by atoms with Gasteiger partial charge < -0.3 is 0 Å². The van der Waals surface area contributed by atoms with Crippen LogP contribution in [0.25, 0.3) is 78.0 Å². The maximum atomic E-state index is 5.28. The van der Waals surface area contributed by atoms with Crippen LogP contribution in [0.15, 0.2) is 152 Å². The highest BCUT2D eigenvalue weighted by atomic mass is 15.0. The largest absolute Gasteiger partial charge is 0.208 e. The van der Waals surface area contributed by atoms with E-state index in [2.05, 4.69) is 147 Å². The van der Waals surface area contributed by atoms with Crippen molar-refractivity contribution in [2.24, 2.45) is 0 Å². The minimum absolute atomic E-state index is 0.198. The topological polar surface area (TPSA) is 38.7 Å². The van der Waals surface area contributed by atoms with E-state index in [1.165, 1.54) is 38.6 Å². The molecule has 1 aliphatic carbocycles. The Morgan fingerprint density at radius 3 is 1.81 bits per heavy atom. The summed E-state index contributed by atoms with van der Waals surface area (Å²) in [5, 5.41) is 4.73. The molecule has 0 atom stereocenters. The van der Waals surface area contributed by atoms with Gasteiger partial charge in [0.05, 0.1) is 0 Å². The van der Waals surface area contributed by atoms with Crippen LogP contribution in [0.5, 0.6) is 0 Å². The molecule has 3 heteroatoms. The summed E-state index contributed by atoms with van der Waals surface area (Å²) < 4.78 is 0. The van der Waals surface area contributed by atoms with Crippen molar-refractivity contribution in [2.45, 2.75) is 19.3 Å². The first kappa shape index (κ1) is 27.4. The summed E-state index contributed by atoms with van der Waals surface area (Å²) in [5.74, 6) is 2.02. The van der Waals surface area contributed by atoms with Gasteiger partial charge >= 0.3 is 0 Å². The third kappa shape index (κ3) is 4.46. The molecular weight excluding hydrogens is 571 g/mol. The maximum absolute atomic E-state index is 5.28. The van der Waals surface area contributed by atoms with E-state index in [9.17, 15) is 0 Å². The summed E-state index contributed by atoms with van der Waals surface area (Å²) in [6.07, 6.45) is 0. The molecule has 8 aromatic rings. The molecule has 222 valence electrons. The smallest absolute Gasteiger partial charge is 0.164 e. The summed E-state index contributed by atoms with van der Waals surface area (Å²) in [6.45, 7) is 4.61. The van der Waals surface area contributed by atoms with Crippen LogP contribution in [-0.2, 0) is 5.41 Å². The minimum Gasteiger partial charge on any atom is -0.208 e. The first-order chi connectivity index (χ1) is 23.0. The molecule has 0 bridgehead atoms. The number of hydrogen-bond donors (Lipinski definition) is 0. The van der Waals surface area contributed by atoms with Gasteiger partial charge in [0.25, 0.3) is 0 Å². The molecule has 9 rings (SSSR count). The average Bonchev–Trinajstić information content (AvgIpc) is 3.37. The van der Waals surface area contributed by atoms with Crippen LogP contribution in [0.1, 0.15) is 25.0 Å². The van der Waals surface area contributed by atoms with Crippen LogP contribution < -0.4 is 0 Å². The molecule has 1 heterocycles. The van der Waals surface area contributed by atoms with E-state index >= 15 is 0 Å². The molecule has 0 aliphatic heterocycles. The third-order valence-electron chi connectivity index (χ3n) is 9.69. The van der Waals surface area contributed by atoms with Crippen LogP contribution in [-0.4, -0.2) is 15.0 Å². The Labute approximate surface area is 274 Å². The first-order valence-electron chi connectivity index (χ1n) is 16.1. The van der Waals surface area contributed by atoms with Gasteiger partial charge in [-0.2, -0.15) is 0 Å². The molecule has 0 unspecified atom stereocenters. The molecule has 0 N–H and O–H groups in total. The zero-order valence-corrected chi connectivity index (χ0v) is 26.3. The van der Waals surface area contributed by atoms with Crippen LogP contribution in [0.3, 0.4) is 0 Å². The molecule has 3 nitrogen and oxygen atoms in total. The molecular formula is C44H31N3. The number of fused-ring (bicyclic) bond motifs is 5. The molecule has 1 aliphatic rings. The van der Waals surface area contributed by atoms with Crippen molar-refractivity contribution in [3.8, 4) is 56.4 Å². The van der Waals surface area contributed by atoms with E-state index in [1.807, 2.05) is 18.2 Å². The lowest BCUT2D eigenvalue weighted by Gasteiger charge is -2.24. The average molecular weight is 602 g/mol. The number of nitrogens with zero attached hydrogens (tertiary/aromatic N) is 3. The Morgan fingerprint density at radius 1 is 0.383 bits per heavy atom. The molecule has 0 amide bonds. The van der Waals surface area contributed by atoms with E-state index in [1.54, 1.807) is 0 Å². The van der Waals surface area contributed by atoms with Crippen molar-refractivity contribution >= 4 is 21.5 Å². The van der Waals surface area contributed by atoms with Gasteiger partial charge in [0.2, 0.25) is 0 Å². The first-order valence-corrected chi connectivity index (χ1v) is 16.1. The van der Waals surface area contributed by atoms with E-state index < -0.39 is 0 Å². The second-order valence-electron chi connectivity index (χ2n) is 12.9. The Kier molecular flexibility index (Phi) is 6.16. The molecule has 7 aromatic carbocycles. The Bertz CT molecular complexity index is 2490. The summed E-state index contributed by atoms with van der Waals surface area (Å²) in [7, 11) is 0. The SMILES string of the molecule is CC1(C)c2ccccc2-c2cccc(-c3nc(-c4ccccc4)nc(-c4cccc5ccc(-c6ccc7ccccc7c6)cc45)n3)c21. The zero-order chi connectivity index (χ0) is 31.5. The summed E-state index contributed by atoms with van der Waals surface area (Å²) in [4.78, 5) is 15.6. The highest BCUT2D eigenvalue weighted by Gasteiger charge is 2.38. The maximum Gasteiger partial charge on any atom is 0.164 e. The normalized spacial score (nSPS) is 13.1. The quantitative estimate of drug-likeness (QED) is 0.201.